The molecule has 1 aliphatic rings. The highest BCUT2D eigenvalue weighted by atomic mass is 35.5. The molecule has 13 heteroatoms. The molecule has 2 heterocycles. The fourth-order valence-corrected chi connectivity index (χ4v) is 5.88. The molecule has 0 unspecified atom stereocenters. The molecule has 2 aromatic carbocycles. The van der Waals surface area contributed by atoms with Crippen LogP contribution in [0.1, 0.15) is 44.9 Å². The molecule has 0 saturated carbocycles. The largest absolute Gasteiger partial charge is 0.493 e. The quantitative estimate of drug-likeness (QED) is 0.315. The van der Waals surface area contributed by atoms with Crippen molar-refractivity contribution in [3.8, 4) is 23.0 Å². The Morgan fingerprint density at radius 2 is 1.86 bits per heavy atom. The standard InChI is InChI=1S/C30H31ClN2O9S/c1-7-40-29(37)25-16(4)32-30-33(26(25)18-8-9-20(42-15(2)3)21(13-18)38-5)28(36)23(43-30)12-17-10-19(31)27(22(11-17)39-6)41-14-24(34)35/h8-13,15,26H,7,14H2,1-6H3,(H,34,35)/b23-12-/t26-/m0/s1. The number of hydrogen-bond acceptors (Lipinski definition) is 10. The summed E-state index contributed by atoms with van der Waals surface area (Å²) in [6, 6.07) is 7.50. The van der Waals surface area contributed by atoms with Gasteiger partial charge in [-0.1, -0.05) is 29.0 Å². The maximum atomic E-state index is 14.0. The Bertz CT molecular complexity index is 1770. The molecule has 0 radical (unpaired) electrons. The van der Waals surface area contributed by atoms with Crippen LogP contribution < -0.4 is 33.8 Å². The Morgan fingerprint density at radius 1 is 1.14 bits per heavy atom. The predicted molar refractivity (Wildman–Crippen MR) is 160 cm³/mol. The highest BCUT2D eigenvalue weighted by molar-refractivity contribution is 7.07. The number of carbonyl (C=O) groups excluding carboxylic acids is 1. The third-order valence-electron chi connectivity index (χ3n) is 6.27. The summed E-state index contributed by atoms with van der Waals surface area (Å²) in [6.07, 6.45) is 1.51. The number of allylic oxidation sites excluding steroid dienone is 1. The zero-order valence-corrected chi connectivity index (χ0v) is 26.0. The van der Waals surface area contributed by atoms with Crippen LogP contribution in [0.2, 0.25) is 5.02 Å². The average Bonchev–Trinajstić information content (AvgIpc) is 3.25. The van der Waals surface area contributed by atoms with Crippen molar-refractivity contribution in [1.82, 2.24) is 4.57 Å². The number of carboxylic acids is 1. The number of aliphatic carboxylic acids is 1. The van der Waals surface area contributed by atoms with E-state index in [9.17, 15) is 14.4 Å². The second-order valence-electron chi connectivity index (χ2n) is 9.60. The van der Waals surface area contributed by atoms with Crippen LogP contribution in [0, 0.1) is 0 Å². The number of fused-ring (bicyclic) bond motifs is 1. The van der Waals surface area contributed by atoms with Gasteiger partial charge in [0.25, 0.3) is 5.56 Å². The molecule has 4 rings (SSSR count). The molecular weight excluding hydrogens is 600 g/mol. The Labute approximate surface area is 256 Å². The first kappa shape index (κ1) is 31.6. The van der Waals surface area contributed by atoms with E-state index in [0.717, 1.165) is 11.3 Å². The molecule has 0 fully saturated rings. The number of benzene rings is 2. The van der Waals surface area contributed by atoms with Gasteiger partial charge < -0.3 is 28.8 Å². The summed E-state index contributed by atoms with van der Waals surface area (Å²) in [5, 5.41) is 9.07. The Hall–Kier alpha value is -4.29. The first-order chi connectivity index (χ1) is 20.5. The lowest BCUT2D eigenvalue weighted by atomic mass is 9.95. The van der Waals surface area contributed by atoms with E-state index in [-0.39, 0.29) is 34.8 Å². The average molecular weight is 631 g/mol. The van der Waals surface area contributed by atoms with Crippen LogP contribution in [0.4, 0.5) is 0 Å². The number of rotatable bonds is 11. The summed E-state index contributed by atoms with van der Waals surface area (Å²) >= 11 is 7.52. The van der Waals surface area contributed by atoms with Gasteiger partial charge in [0.05, 0.1) is 53.8 Å². The highest BCUT2D eigenvalue weighted by Crippen LogP contribution is 2.38. The number of esters is 1. The van der Waals surface area contributed by atoms with E-state index in [4.69, 9.17) is 40.4 Å². The summed E-state index contributed by atoms with van der Waals surface area (Å²) in [6.45, 7) is 6.74. The molecule has 1 atom stereocenters. The van der Waals surface area contributed by atoms with Crippen molar-refractivity contribution in [2.45, 2.75) is 39.8 Å². The van der Waals surface area contributed by atoms with Gasteiger partial charge in [0.1, 0.15) is 0 Å². The van der Waals surface area contributed by atoms with Crippen molar-refractivity contribution in [2.24, 2.45) is 4.99 Å². The first-order valence-corrected chi connectivity index (χ1v) is 14.4. The van der Waals surface area contributed by atoms with Gasteiger partial charge >= 0.3 is 11.9 Å². The zero-order chi connectivity index (χ0) is 31.4. The van der Waals surface area contributed by atoms with Crippen molar-refractivity contribution < 1.29 is 38.4 Å². The van der Waals surface area contributed by atoms with E-state index < -0.39 is 30.1 Å². The van der Waals surface area contributed by atoms with Gasteiger partial charge in [0.2, 0.25) is 0 Å². The second kappa shape index (κ2) is 13.3. The van der Waals surface area contributed by atoms with E-state index in [1.807, 2.05) is 13.8 Å². The molecule has 1 N–H and O–H groups in total. The smallest absolute Gasteiger partial charge is 0.341 e. The molecule has 0 aliphatic carbocycles. The van der Waals surface area contributed by atoms with Crippen LogP contribution in [0.5, 0.6) is 23.0 Å². The van der Waals surface area contributed by atoms with Crippen molar-refractivity contribution in [2.75, 3.05) is 27.4 Å². The number of halogens is 1. The van der Waals surface area contributed by atoms with Gasteiger partial charge in [-0.15, -0.1) is 0 Å². The summed E-state index contributed by atoms with van der Waals surface area (Å²) in [4.78, 5) is 43.1. The molecular formula is C30H31ClN2O9S. The number of carbonyl (C=O) groups is 2. The lowest BCUT2D eigenvalue weighted by molar-refractivity contribution is -0.140. The number of carboxylic acid groups (broad SMARTS) is 1. The Kier molecular flexibility index (Phi) is 9.82. The van der Waals surface area contributed by atoms with Crippen LogP contribution in [0.15, 0.2) is 51.4 Å². The number of methoxy groups -OCH3 is 2. The van der Waals surface area contributed by atoms with E-state index >= 15 is 0 Å². The maximum absolute atomic E-state index is 14.0. The monoisotopic (exact) mass is 630 g/mol. The number of ether oxygens (including phenoxy) is 5. The van der Waals surface area contributed by atoms with E-state index in [0.29, 0.717) is 37.7 Å². The molecule has 43 heavy (non-hydrogen) atoms. The normalized spacial score (nSPS) is 14.7. The lowest BCUT2D eigenvalue weighted by Crippen LogP contribution is -2.40. The molecule has 1 aromatic heterocycles. The molecule has 228 valence electrons. The Morgan fingerprint density at radius 3 is 2.49 bits per heavy atom. The van der Waals surface area contributed by atoms with Gasteiger partial charge in [-0.3, -0.25) is 9.36 Å². The van der Waals surface area contributed by atoms with Crippen LogP contribution in [0.3, 0.4) is 0 Å². The highest BCUT2D eigenvalue weighted by Gasteiger charge is 2.34. The third kappa shape index (κ3) is 6.70. The third-order valence-corrected chi connectivity index (χ3v) is 7.54. The van der Waals surface area contributed by atoms with Gasteiger partial charge in [0, 0.05) is 0 Å². The summed E-state index contributed by atoms with van der Waals surface area (Å²) in [5.41, 5.74) is 1.35. The van der Waals surface area contributed by atoms with Crippen LogP contribution >= 0.6 is 22.9 Å². The van der Waals surface area contributed by atoms with Crippen molar-refractivity contribution in [1.29, 1.82) is 0 Å². The minimum Gasteiger partial charge on any atom is -0.493 e. The zero-order valence-electron chi connectivity index (χ0n) is 24.4. The van der Waals surface area contributed by atoms with Gasteiger partial charge in [-0.2, -0.15) is 0 Å². The molecule has 1 aliphatic heterocycles. The first-order valence-electron chi connectivity index (χ1n) is 13.2. The van der Waals surface area contributed by atoms with Gasteiger partial charge in [-0.05, 0) is 69.2 Å². The van der Waals surface area contributed by atoms with Gasteiger partial charge in [-0.25, -0.2) is 14.6 Å². The molecule has 0 spiro atoms. The summed E-state index contributed by atoms with van der Waals surface area (Å²) in [5.74, 6) is -0.527. The van der Waals surface area contributed by atoms with Crippen molar-refractivity contribution in [3.63, 3.8) is 0 Å². The van der Waals surface area contributed by atoms with E-state index in [2.05, 4.69) is 4.99 Å². The number of thiazole rings is 1. The predicted octanol–water partition coefficient (Wildman–Crippen LogP) is 3.72. The number of aromatic nitrogens is 1. The Balaban J connectivity index is 1.90. The maximum Gasteiger partial charge on any atom is 0.341 e. The fraction of sp³-hybridized carbons (Fsp3) is 0.333. The molecule has 0 bridgehead atoms. The number of nitrogens with zero attached hydrogens (tertiary/aromatic N) is 2. The second-order valence-corrected chi connectivity index (χ2v) is 11.0. The van der Waals surface area contributed by atoms with Crippen molar-refractivity contribution >= 4 is 41.0 Å². The fourth-order valence-electron chi connectivity index (χ4n) is 4.56. The summed E-state index contributed by atoms with van der Waals surface area (Å²) in [7, 11) is 2.91. The SMILES string of the molecule is CCOC(=O)C1=C(C)N=c2s/c(=C\c3cc(Cl)c(OCC(=O)O)c(OC)c3)c(=O)n2[C@H]1c1ccc(OC(C)C)c(OC)c1. The number of hydrogen-bond donors (Lipinski definition) is 1. The summed E-state index contributed by atoms with van der Waals surface area (Å²) < 4.78 is 29.2. The van der Waals surface area contributed by atoms with E-state index in [1.165, 1.54) is 24.9 Å². The lowest BCUT2D eigenvalue weighted by Gasteiger charge is -2.25. The molecule has 0 saturated heterocycles. The molecule has 0 amide bonds. The minimum absolute atomic E-state index is 0.0683. The van der Waals surface area contributed by atoms with E-state index in [1.54, 1.807) is 44.2 Å². The minimum atomic E-state index is -1.17. The van der Waals surface area contributed by atoms with Crippen LogP contribution in [-0.4, -0.2) is 55.1 Å². The van der Waals surface area contributed by atoms with Crippen LogP contribution in [0.25, 0.3) is 6.08 Å². The molecule has 11 nitrogen and oxygen atoms in total. The molecule has 3 aromatic rings. The van der Waals surface area contributed by atoms with Crippen LogP contribution in [-0.2, 0) is 14.3 Å². The van der Waals surface area contributed by atoms with Gasteiger partial charge in [0.15, 0.2) is 34.4 Å². The van der Waals surface area contributed by atoms with Crippen molar-refractivity contribution in [3.05, 3.63) is 77.4 Å². The topological polar surface area (TPSA) is 135 Å².